The van der Waals surface area contributed by atoms with Gasteiger partial charge < -0.3 is 15.8 Å². The van der Waals surface area contributed by atoms with E-state index in [2.05, 4.69) is 5.32 Å². The number of nitrogens with zero attached hydrogens (tertiary/aromatic N) is 1. The van der Waals surface area contributed by atoms with Crippen LogP contribution in [0.25, 0.3) is 0 Å². The Morgan fingerprint density at radius 1 is 1.61 bits per heavy atom. The van der Waals surface area contributed by atoms with Gasteiger partial charge in [0.15, 0.2) is 0 Å². The van der Waals surface area contributed by atoms with E-state index in [1.54, 1.807) is 18.2 Å². The van der Waals surface area contributed by atoms with Crippen LogP contribution in [0.3, 0.4) is 0 Å². The number of nitrogens with one attached hydrogen (secondary N) is 1. The average molecular weight is 247 g/mol. The molecule has 1 aromatic carbocycles. The number of rotatable bonds is 5. The van der Waals surface area contributed by atoms with Crippen molar-refractivity contribution in [1.82, 2.24) is 0 Å². The molecular weight excluding hydrogens is 230 g/mol. The number of amides is 1. The lowest BCUT2D eigenvalue weighted by Gasteiger charge is -2.13. The monoisotopic (exact) mass is 247 g/mol. The highest BCUT2D eigenvalue weighted by atomic mass is 16.5. The normalized spacial score (nSPS) is 11.4. The van der Waals surface area contributed by atoms with Crippen molar-refractivity contribution in [3.05, 3.63) is 23.8 Å². The van der Waals surface area contributed by atoms with Gasteiger partial charge in [0.25, 0.3) is 0 Å². The molecular formula is C13H17N3O2. The van der Waals surface area contributed by atoms with Crippen LogP contribution in [0.1, 0.15) is 25.3 Å². The molecule has 0 heterocycles. The zero-order valence-electron chi connectivity index (χ0n) is 10.6. The van der Waals surface area contributed by atoms with Crippen LogP contribution in [0.2, 0.25) is 0 Å². The minimum absolute atomic E-state index is 0.250. The number of hydrogen-bond acceptors (Lipinski definition) is 4. The molecule has 0 bridgehead atoms. The van der Waals surface area contributed by atoms with Crippen molar-refractivity contribution in [2.45, 2.75) is 25.8 Å². The Morgan fingerprint density at radius 2 is 2.33 bits per heavy atom. The average Bonchev–Trinajstić information content (AvgIpc) is 2.39. The fourth-order valence-electron chi connectivity index (χ4n) is 1.53. The Balaban J connectivity index is 2.84. The molecule has 1 rings (SSSR count). The number of methoxy groups -OCH3 is 1. The van der Waals surface area contributed by atoms with Gasteiger partial charge in [0, 0.05) is 6.07 Å². The first-order chi connectivity index (χ1) is 8.62. The lowest BCUT2D eigenvalue weighted by Crippen LogP contribution is -2.35. The third-order valence-electron chi connectivity index (χ3n) is 2.52. The van der Waals surface area contributed by atoms with Crippen LogP contribution >= 0.6 is 0 Å². The molecule has 0 fully saturated rings. The molecule has 0 saturated heterocycles. The summed E-state index contributed by atoms with van der Waals surface area (Å²) < 4.78 is 5.12. The lowest BCUT2D eigenvalue weighted by atomic mass is 10.1. The van der Waals surface area contributed by atoms with Gasteiger partial charge in [-0.15, -0.1) is 0 Å². The maximum atomic E-state index is 11.8. The molecule has 0 aliphatic rings. The SMILES string of the molecule is CCCC(N)C(=O)Nc1ccc(C#N)cc1OC. The van der Waals surface area contributed by atoms with E-state index in [1.165, 1.54) is 7.11 Å². The number of carbonyl (C=O) groups is 1. The minimum Gasteiger partial charge on any atom is -0.495 e. The molecule has 1 aromatic rings. The number of anilines is 1. The number of nitrogens with two attached hydrogens (primary N) is 1. The van der Waals surface area contributed by atoms with E-state index in [1.807, 2.05) is 13.0 Å². The van der Waals surface area contributed by atoms with Crippen LogP contribution in [0.15, 0.2) is 18.2 Å². The molecule has 5 nitrogen and oxygen atoms in total. The smallest absolute Gasteiger partial charge is 0.241 e. The molecule has 0 saturated carbocycles. The van der Waals surface area contributed by atoms with Crippen molar-refractivity contribution < 1.29 is 9.53 Å². The van der Waals surface area contributed by atoms with Crippen molar-refractivity contribution >= 4 is 11.6 Å². The lowest BCUT2D eigenvalue weighted by molar-refractivity contribution is -0.117. The van der Waals surface area contributed by atoms with Crippen molar-refractivity contribution in [2.75, 3.05) is 12.4 Å². The van der Waals surface area contributed by atoms with Crippen LogP contribution in [-0.4, -0.2) is 19.1 Å². The summed E-state index contributed by atoms with van der Waals surface area (Å²) in [5.74, 6) is 0.200. The van der Waals surface area contributed by atoms with Gasteiger partial charge in [-0.25, -0.2) is 0 Å². The molecule has 96 valence electrons. The molecule has 3 N–H and O–H groups in total. The van der Waals surface area contributed by atoms with Gasteiger partial charge in [-0.2, -0.15) is 5.26 Å². The highest BCUT2D eigenvalue weighted by molar-refractivity contribution is 5.96. The largest absolute Gasteiger partial charge is 0.495 e. The topological polar surface area (TPSA) is 88.1 Å². The van der Waals surface area contributed by atoms with Crippen LogP contribution < -0.4 is 15.8 Å². The van der Waals surface area contributed by atoms with E-state index in [-0.39, 0.29) is 5.91 Å². The summed E-state index contributed by atoms with van der Waals surface area (Å²) in [4.78, 5) is 11.8. The van der Waals surface area contributed by atoms with E-state index in [9.17, 15) is 4.79 Å². The Bertz CT molecular complexity index is 466. The van der Waals surface area contributed by atoms with Gasteiger partial charge in [-0.1, -0.05) is 13.3 Å². The van der Waals surface area contributed by atoms with Crippen LogP contribution in [0, 0.1) is 11.3 Å². The van der Waals surface area contributed by atoms with E-state index >= 15 is 0 Å². The van der Waals surface area contributed by atoms with Gasteiger partial charge in [-0.05, 0) is 18.6 Å². The molecule has 0 aromatic heterocycles. The number of ether oxygens (including phenoxy) is 1. The summed E-state index contributed by atoms with van der Waals surface area (Å²) in [7, 11) is 1.48. The van der Waals surface area contributed by atoms with Crippen molar-refractivity contribution in [3.8, 4) is 11.8 Å². The van der Waals surface area contributed by atoms with Crippen molar-refractivity contribution in [2.24, 2.45) is 5.73 Å². The second-order valence-corrected chi connectivity index (χ2v) is 3.91. The fourth-order valence-corrected chi connectivity index (χ4v) is 1.53. The quantitative estimate of drug-likeness (QED) is 0.827. The third-order valence-corrected chi connectivity index (χ3v) is 2.52. The first-order valence-corrected chi connectivity index (χ1v) is 5.77. The summed E-state index contributed by atoms with van der Waals surface area (Å²) >= 11 is 0. The van der Waals surface area contributed by atoms with Crippen LogP contribution in [0.4, 0.5) is 5.69 Å². The van der Waals surface area contributed by atoms with Gasteiger partial charge in [0.1, 0.15) is 5.75 Å². The number of hydrogen-bond donors (Lipinski definition) is 2. The zero-order valence-corrected chi connectivity index (χ0v) is 10.6. The second kappa shape index (κ2) is 6.62. The van der Waals surface area contributed by atoms with Gasteiger partial charge in [0.2, 0.25) is 5.91 Å². The summed E-state index contributed by atoms with van der Waals surface area (Å²) in [5.41, 5.74) is 6.71. The predicted molar refractivity (Wildman–Crippen MR) is 69.2 cm³/mol. The summed E-state index contributed by atoms with van der Waals surface area (Å²) in [6.45, 7) is 1.97. The fraction of sp³-hybridized carbons (Fsp3) is 0.385. The third kappa shape index (κ3) is 3.47. The van der Waals surface area contributed by atoms with Gasteiger partial charge >= 0.3 is 0 Å². The van der Waals surface area contributed by atoms with E-state index in [0.29, 0.717) is 23.4 Å². The molecule has 0 radical (unpaired) electrons. The van der Waals surface area contributed by atoms with E-state index < -0.39 is 6.04 Å². The molecule has 5 heteroatoms. The Kier molecular flexibility index (Phi) is 5.15. The summed E-state index contributed by atoms with van der Waals surface area (Å²) in [5, 5.41) is 11.5. The van der Waals surface area contributed by atoms with Gasteiger partial charge in [0.05, 0.1) is 30.5 Å². The van der Waals surface area contributed by atoms with Crippen LogP contribution in [0.5, 0.6) is 5.75 Å². The maximum absolute atomic E-state index is 11.8. The van der Waals surface area contributed by atoms with Crippen molar-refractivity contribution in [1.29, 1.82) is 5.26 Å². The first kappa shape index (κ1) is 14.0. The molecule has 0 aliphatic heterocycles. The number of nitriles is 1. The molecule has 1 atom stereocenters. The van der Waals surface area contributed by atoms with E-state index in [0.717, 1.165) is 6.42 Å². The minimum atomic E-state index is -0.532. The summed E-state index contributed by atoms with van der Waals surface area (Å²) in [6, 6.07) is 6.29. The zero-order chi connectivity index (χ0) is 13.5. The second-order valence-electron chi connectivity index (χ2n) is 3.91. The standard InChI is InChI=1S/C13H17N3O2/c1-3-4-10(15)13(17)16-11-6-5-9(8-14)7-12(11)18-2/h5-7,10H,3-4,15H2,1-2H3,(H,16,17). The Labute approximate surface area is 107 Å². The van der Waals surface area contributed by atoms with Crippen molar-refractivity contribution in [3.63, 3.8) is 0 Å². The highest BCUT2D eigenvalue weighted by Gasteiger charge is 2.14. The predicted octanol–water partition coefficient (Wildman–Crippen LogP) is 1.63. The maximum Gasteiger partial charge on any atom is 0.241 e. The molecule has 1 unspecified atom stereocenters. The summed E-state index contributed by atoms with van der Waals surface area (Å²) in [6.07, 6.45) is 1.48. The van der Waals surface area contributed by atoms with Gasteiger partial charge in [-0.3, -0.25) is 4.79 Å². The highest BCUT2D eigenvalue weighted by Crippen LogP contribution is 2.25. The number of carbonyl (C=O) groups excluding carboxylic acids is 1. The number of benzene rings is 1. The van der Waals surface area contributed by atoms with E-state index in [4.69, 9.17) is 15.7 Å². The Hall–Kier alpha value is -2.06. The molecule has 0 aliphatic carbocycles. The van der Waals surface area contributed by atoms with Crippen LogP contribution in [-0.2, 0) is 4.79 Å². The molecule has 18 heavy (non-hydrogen) atoms. The Morgan fingerprint density at radius 3 is 2.89 bits per heavy atom. The molecule has 1 amide bonds. The first-order valence-electron chi connectivity index (χ1n) is 5.77. The molecule has 0 spiro atoms.